The van der Waals surface area contributed by atoms with Crippen molar-refractivity contribution in [1.82, 2.24) is 9.88 Å². The van der Waals surface area contributed by atoms with Crippen molar-refractivity contribution in [3.05, 3.63) is 80.6 Å². The molecule has 27 heavy (non-hydrogen) atoms. The normalized spacial score (nSPS) is 10.3. The number of hydrogen-bond acceptors (Lipinski definition) is 3. The van der Waals surface area contributed by atoms with Crippen molar-refractivity contribution in [1.29, 1.82) is 0 Å². The molecule has 0 aliphatic heterocycles. The van der Waals surface area contributed by atoms with Crippen molar-refractivity contribution < 1.29 is 9.90 Å². The molecule has 0 saturated carbocycles. The maximum atomic E-state index is 12.8. The summed E-state index contributed by atoms with van der Waals surface area (Å²) < 4.78 is 0. The number of rotatable bonds is 3. The second-order valence-corrected chi connectivity index (χ2v) is 6.44. The van der Waals surface area contributed by atoms with E-state index in [4.69, 9.17) is 16.7 Å². The van der Waals surface area contributed by atoms with Gasteiger partial charge in [-0.05, 0) is 29.8 Å². The van der Waals surface area contributed by atoms with Crippen LogP contribution in [0.2, 0.25) is 5.02 Å². The summed E-state index contributed by atoms with van der Waals surface area (Å²) in [6.45, 7) is 0.0855. The molecule has 3 aromatic rings. The van der Waals surface area contributed by atoms with Crippen molar-refractivity contribution in [2.24, 2.45) is 0 Å². The van der Waals surface area contributed by atoms with Crippen molar-refractivity contribution >= 4 is 28.4 Å². The number of carbonyl (C=O) groups excluding carboxylic acids is 1. The average molecular weight is 381 g/mol. The zero-order chi connectivity index (χ0) is 19.4. The van der Waals surface area contributed by atoms with Gasteiger partial charge in [-0.15, -0.1) is 0 Å². The van der Waals surface area contributed by atoms with E-state index < -0.39 is 0 Å². The Morgan fingerprint density at radius 2 is 1.96 bits per heavy atom. The van der Waals surface area contributed by atoms with Crippen LogP contribution in [0.15, 0.2) is 53.5 Å². The molecule has 2 N–H and O–H groups in total. The number of halogens is 1. The molecule has 0 bridgehead atoms. The van der Waals surface area contributed by atoms with Gasteiger partial charge in [-0.2, -0.15) is 0 Å². The maximum Gasteiger partial charge on any atom is 0.259 e. The predicted molar refractivity (Wildman–Crippen MR) is 106 cm³/mol. The van der Waals surface area contributed by atoms with Crippen molar-refractivity contribution in [2.75, 3.05) is 13.7 Å². The topological polar surface area (TPSA) is 73.4 Å². The largest absolute Gasteiger partial charge is 0.384 e. The van der Waals surface area contributed by atoms with Crippen LogP contribution in [-0.4, -0.2) is 34.6 Å². The molecule has 0 fully saturated rings. The van der Waals surface area contributed by atoms with Gasteiger partial charge in [-0.3, -0.25) is 9.59 Å². The Morgan fingerprint density at radius 3 is 2.67 bits per heavy atom. The van der Waals surface area contributed by atoms with E-state index in [1.807, 2.05) is 12.1 Å². The number of fused-ring (bicyclic) bond motifs is 1. The first kappa shape index (κ1) is 18.7. The van der Waals surface area contributed by atoms with E-state index in [9.17, 15) is 9.59 Å². The summed E-state index contributed by atoms with van der Waals surface area (Å²) in [5, 5.41) is 9.87. The monoisotopic (exact) mass is 380 g/mol. The summed E-state index contributed by atoms with van der Waals surface area (Å²) in [4.78, 5) is 30.0. The lowest BCUT2D eigenvalue weighted by molar-refractivity contribution is 0.0783. The van der Waals surface area contributed by atoms with Crippen molar-refractivity contribution in [3.63, 3.8) is 0 Å². The minimum absolute atomic E-state index is 0.0613. The summed E-state index contributed by atoms with van der Waals surface area (Å²) in [6.07, 6.45) is 1.41. The summed E-state index contributed by atoms with van der Waals surface area (Å²) in [7, 11) is 1.64. The molecule has 2 aromatic carbocycles. The summed E-state index contributed by atoms with van der Waals surface area (Å²) >= 11 is 5.88. The van der Waals surface area contributed by atoms with Crippen molar-refractivity contribution in [3.8, 4) is 11.8 Å². The molecule has 1 heterocycles. The molecule has 5 nitrogen and oxygen atoms in total. The number of aromatic amines is 1. The van der Waals surface area contributed by atoms with Gasteiger partial charge in [0.1, 0.15) is 12.2 Å². The van der Waals surface area contributed by atoms with Gasteiger partial charge in [0.25, 0.3) is 5.91 Å². The van der Waals surface area contributed by atoms with Crippen LogP contribution >= 0.6 is 11.6 Å². The quantitative estimate of drug-likeness (QED) is 0.686. The molecule has 0 aliphatic carbocycles. The number of aliphatic hydroxyl groups is 1. The van der Waals surface area contributed by atoms with Crippen LogP contribution in [0, 0.1) is 11.8 Å². The van der Waals surface area contributed by atoms with Crippen LogP contribution in [0.1, 0.15) is 21.5 Å². The lowest BCUT2D eigenvalue weighted by Gasteiger charge is -2.17. The number of aromatic nitrogens is 1. The Morgan fingerprint density at radius 1 is 1.22 bits per heavy atom. The van der Waals surface area contributed by atoms with E-state index in [-0.39, 0.29) is 23.5 Å². The Kier molecular flexibility index (Phi) is 5.60. The van der Waals surface area contributed by atoms with Crippen LogP contribution in [0.4, 0.5) is 0 Å². The molecular weight excluding hydrogens is 364 g/mol. The fourth-order valence-electron chi connectivity index (χ4n) is 2.79. The first-order valence-corrected chi connectivity index (χ1v) is 8.63. The number of carbonyl (C=O) groups is 1. The van der Waals surface area contributed by atoms with Crippen LogP contribution in [0.25, 0.3) is 10.9 Å². The van der Waals surface area contributed by atoms with Gasteiger partial charge >= 0.3 is 0 Å². The maximum absolute atomic E-state index is 12.8. The van der Waals surface area contributed by atoms with Gasteiger partial charge in [-0.1, -0.05) is 41.6 Å². The number of amides is 1. The zero-order valence-corrected chi connectivity index (χ0v) is 15.4. The lowest BCUT2D eigenvalue weighted by Crippen LogP contribution is -2.30. The first-order valence-electron chi connectivity index (χ1n) is 8.25. The van der Waals surface area contributed by atoms with Gasteiger partial charge in [0.2, 0.25) is 5.43 Å². The number of benzene rings is 2. The van der Waals surface area contributed by atoms with Gasteiger partial charge in [0.05, 0.1) is 5.52 Å². The molecular formula is C21H17ClN2O3. The van der Waals surface area contributed by atoms with E-state index in [0.29, 0.717) is 28.0 Å². The highest BCUT2D eigenvalue weighted by molar-refractivity contribution is 6.30. The van der Waals surface area contributed by atoms with Crippen LogP contribution in [0.3, 0.4) is 0 Å². The molecule has 0 aliphatic rings. The fourth-order valence-corrected chi connectivity index (χ4v) is 2.92. The van der Waals surface area contributed by atoms with Crippen LogP contribution in [-0.2, 0) is 6.54 Å². The number of aliphatic hydroxyl groups excluding tert-OH is 1. The molecule has 1 aromatic heterocycles. The number of para-hydroxylation sites is 1. The Bertz CT molecular complexity index is 1110. The highest BCUT2D eigenvalue weighted by Gasteiger charge is 2.18. The van der Waals surface area contributed by atoms with Crippen LogP contribution in [0.5, 0.6) is 0 Å². The average Bonchev–Trinajstić information content (AvgIpc) is 2.68. The second kappa shape index (κ2) is 8.09. The molecule has 0 atom stereocenters. The zero-order valence-electron chi connectivity index (χ0n) is 14.6. The second-order valence-electron chi connectivity index (χ2n) is 6.01. The Hall–Kier alpha value is -3.07. The smallest absolute Gasteiger partial charge is 0.259 e. The van der Waals surface area contributed by atoms with Gasteiger partial charge in [0.15, 0.2) is 0 Å². The summed E-state index contributed by atoms with van der Waals surface area (Å²) in [5.41, 5.74) is 1.75. The fraction of sp³-hybridized carbons (Fsp3) is 0.143. The first-order chi connectivity index (χ1) is 13.0. The van der Waals surface area contributed by atoms with E-state index in [2.05, 4.69) is 16.8 Å². The molecule has 0 saturated heterocycles. The molecule has 3 rings (SSSR count). The van der Waals surface area contributed by atoms with Crippen molar-refractivity contribution in [2.45, 2.75) is 6.54 Å². The van der Waals surface area contributed by atoms with Gasteiger partial charge in [0, 0.05) is 35.8 Å². The predicted octanol–water partition coefficient (Wildman–Crippen LogP) is 2.80. The highest BCUT2D eigenvalue weighted by Crippen LogP contribution is 2.15. The Balaban J connectivity index is 1.94. The van der Waals surface area contributed by atoms with E-state index in [1.54, 1.807) is 37.4 Å². The number of nitrogens with zero attached hydrogens (tertiary/aromatic N) is 1. The van der Waals surface area contributed by atoms with Gasteiger partial charge < -0.3 is 15.0 Å². The molecule has 136 valence electrons. The molecule has 0 spiro atoms. The lowest BCUT2D eigenvalue weighted by atomic mass is 10.1. The minimum Gasteiger partial charge on any atom is -0.384 e. The third kappa shape index (κ3) is 4.03. The SMILES string of the molecule is CN(Cc1ccc(Cl)cc1)C(=O)c1c[nH]c2c(C#CCO)cccc2c1=O. The highest BCUT2D eigenvalue weighted by atomic mass is 35.5. The summed E-state index contributed by atoms with van der Waals surface area (Å²) in [6, 6.07) is 12.3. The standard InChI is InChI=1S/C21H17ClN2O3/c1-24(13-14-7-9-16(22)10-8-14)21(27)18-12-23-19-15(5-3-11-25)4-2-6-17(19)20(18)26/h2,4,6-10,12,25H,11,13H2,1H3,(H,23,26). The molecule has 0 radical (unpaired) electrons. The third-order valence-corrected chi connectivity index (χ3v) is 4.38. The van der Waals surface area contributed by atoms with E-state index >= 15 is 0 Å². The number of nitrogens with one attached hydrogen (secondary N) is 1. The number of H-pyrrole nitrogens is 1. The molecule has 6 heteroatoms. The number of pyridine rings is 1. The summed E-state index contributed by atoms with van der Waals surface area (Å²) in [5.74, 6) is 4.98. The minimum atomic E-state index is -0.375. The number of hydrogen-bond donors (Lipinski definition) is 2. The molecule has 0 unspecified atom stereocenters. The Labute approximate surface area is 161 Å². The third-order valence-electron chi connectivity index (χ3n) is 4.13. The van der Waals surface area contributed by atoms with E-state index in [0.717, 1.165) is 5.56 Å². The van der Waals surface area contributed by atoms with Crippen LogP contribution < -0.4 is 5.43 Å². The van der Waals surface area contributed by atoms with Gasteiger partial charge in [-0.25, -0.2) is 0 Å². The molecule has 1 amide bonds. The van der Waals surface area contributed by atoms with E-state index in [1.165, 1.54) is 11.1 Å².